The molecule has 6 heterocycles. The summed E-state index contributed by atoms with van der Waals surface area (Å²) in [4.78, 5) is 17.2. The summed E-state index contributed by atoms with van der Waals surface area (Å²) in [5.41, 5.74) is 2.29. The molecule has 0 saturated carbocycles. The van der Waals surface area contributed by atoms with E-state index in [1.54, 1.807) is 0 Å². The van der Waals surface area contributed by atoms with Crippen LogP contribution in [0.2, 0.25) is 5.02 Å². The van der Waals surface area contributed by atoms with E-state index in [1.807, 2.05) is 4.90 Å². The van der Waals surface area contributed by atoms with Gasteiger partial charge in [0, 0.05) is 37.4 Å². The maximum atomic E-state index is 16.5. The van der Waals surface area contributed by atoms with Crippen molar-refractivity contribution in [1.29, 1.82) is 0 Å². The predicted molar refractivity (Wildman–Crippen MR) is 148 cm³/mol. The van der Waals surface area contributed by atoms with Crippen molar-refractivity contribution < 1.29 is 36.2 Å². The molecule has 0 unspecified atom stereocenters. The van der Waals surface area contributed by atoms with Crippen LogP contribution in [0.5, 0.6) is 11.9 Å². The smallest absolute Gasteiger partial charge is 0.418 e. The van der Waals surface area contributed by atoms with Crippen molar-refractivity contribution in [3.05, 3.63) is 28.5 Å². The summed E-state index contributed by atoms with van der Waals surface area (Å²) in [5.74, 6) is -0.985. The number of hydrogen-bond donors (Lipinski definition) is 1. The first-order valence-electron chi connectivity index (χ1n) is 14.1. The van der Waals surface area contributed by atoms with Crippen LogP contribution in [0.25, 0.3) is 22.2 Å². The molecular formula is C28H28ClF5N6O3. The third-order valence-electron chi connectivity index (χ3n) is 8.79. The van der Waals surface area contributed by atoms with Gasteiger partial charge in [0.2, 0.25) is 5.88 Å². The largest absolute Gasteiger partial charge is 0.475 e. The fraction of sp³-hybridized carbons (Fsp3) is 0.536. The molecule has 4 aliphatic heterocycles. The standard InChI is InChI=1S/C28H28ClF5N6O3/c29-18-9-15(35)8-17(20(18)28(32,33)34)22-21(31)23-19-24(40-5-7-41-6-2-16(40)12-42-25(19)36-22)38-26(37-23)43-13-27-3-1-4-39(27)11-14(30)10-27/h8-9,14,16H,1-7,10-13,35H2/t14-,16+,27+/m1/s1. The van der Waals surface area contributed by atoms with Crippen molar-refractivity contribution in [2.75, 3.05) is 56.7 Å². The van der Waals surface area contributed by atoms with Crippen LogP contribution < -0.4 is 20.1 Å². The van der Waals surface area contributed by atoms with E-state index in [-0.39, 0.29) is 53.6 Å². The maximum absolute atomic E-state index is 16.5. The number of rotatable bonds is 4. The summed E-state index contributed by atoms with van der Waals surface area (Å²) in [6.07, 6.45) is -3.44. The van der Waals surface area contributed by atoms with Gasteiger partial charge in [-0.05, 0) is 37.9 Å². The first-order chi connectivity index (χ1) is 20.5. The highest BCUT2D eigenvalue weighted by Crippen LogP contribution is 2.47. The lowest BCUT2D eigenvalue weighted by molar-refractivity contribution is -0.137. The van der Waals surface area contributed by atoms with Gasteiger partial charge in [0.05, 0.1) is 28.8 Å². The predicted octanol–water partition coefficient (Wildman–Crippen LogP) is 5.03. The Hall–Kier alpha value is -3.23. The number of alkyl halides is 4. The van der Waals surface area contributed by atoms with Crippen molar-refractivity contribution >= 4 is 34.0 Å². The van der Waals surface area contributed by atoms with E-state index in [2.05, 4.69) is 19.9 Å². The zero-order chi connectivity index (χ0) is 30.1. The van der Waals surface area contributed by atoms with Crippen molar-refractivity contribution in [2.45, 2.75) is 49.6 Å². The molecule has 0 radical (unpaired) electrons. The highest BCUT2D eigenvalue weighted by molar-refractivity contribution is 6.32. The molecular weight excluding hydrogens is 599 g/mol. The summed E-state index contributed by atoms with van der Waals surface area (Å²) >= 11 is 5.98. The lowest BCUT2D eigenvalue weighted by Crippen LogP contribution is -2.43. The molecule has 0 bridgehead atoms. The molecule has 3 fully saturated rings. The number of pyridine rings is 1. The molecule has 7 rings (SSSR count). The fourth-order valence-electron chi connectivity index (χ4n) is 6.86. The Balaban J connectivity index is 1.41. The number of fused-ring (bicyclic) bond motifs is 3. The second-order valence-electron chi connectivity index (χ2n) is 11.5. The molecule has 0 amide bonds. The van der Waals surface area contributed by atoms with Crippen LogP contribution in [-0.4, -0.2) is 83.7 Å². The number of benzene rings is 1. The molecule has 0 spiro atoms. The molecule has 4 aliphatic rings. The number of halogens is 6. The Morgan fingerprint density at radius 1 is 1.16 bits per heavy atom. The lowest BCUT2D eigenvalue weighted by atomic mass is 9.95. The average molecular weight is 627 g/mol. The van der Waals surface area contributed by atoms with Crippen LogP contribution in [0.3, 0.4) is 0 Å². The van der Waals surface area contributed by atoms with Crippen LogP contribution >= 0.6 is 11.6 Å². The van der Waals surface area contributed by atoms with Gasteiger partial charge in [-0.1, -0.05) is 11.6 Å². The number of anilines is 2. The van der Waals surface area contributed by atoms with Crippen LogP contribution in [-0.2, 0) is 10.9 Å². The second kappa shape index (κ2) is 10.4. The first kappa shape index (κ1) is 28.5. The zero-order valence-corrected chi connectivity index (χ0v) is 23.6. The van der Waals surface area contributed by atoms with Crippen molar-refractivity contribution in [1.82, 2.24) is 19.9 Å². The quantitative estimate of drug-likeness (QED) is 0.316. The fourth-order valence-corrected chi connectivity index (χ4v) is 7.19. The van der Waals surface area contributed by atoms with Crippen LogP contribution in [0.4, 0.5) is 33.5 Å². The van der Waals surface area contributed by atoms with E-state index in [0.717, 1.165) is 31.5 Å². The second-order valence-corrected chi connectivity index (χ2v) is 11.9. The van der Waals surface area contributed by atoms with E-state index in [1.165, 1.54) is 0 Å². The molecule has 2 N–H and O–H groups in total. The third kappa shape index (κ3) is 4.87. The summed E-state index contributed by atoms with van der Waals surface area (Å²) in [7, 11) is 0. The monoisotopic (exact) mass is 626 g/mol. The Labute approximate surface area is 248 Å². The minimum Gasteiger partial charge on any atom is -0.475 e. The summed E-state index contributed by atoms with van der Waals surface area (Å²) in [6.45, 7) is 2.46. The number of ether oxygens (including phenoxy) is 3. The first-order valence-corrected chi connectivity index (χ1v) is 14.5. The summed E-state index contributed by atoms with van der Waals surface area (Å²) < 4.78 is 91.2. The van der Waals surface area contributed by atoms with Gasteiger partial charge in [-0.3, -0.25) is 4.90 Å². The van der Waals surface area contributed by atoms with E-state index >= 15 is 4.39 Å². The summed E-state index contributed by atoms with van der Waals surface area (Å²) in [6, 6.07) is 1.50. The molecule has 230 valence electrons. The van der Waals surface area contributed by atoms with E-state index in [4.69, 9.17) is 31.5 Å². The molecule has 43 heavy (non-hydrogen) atoms. The van der Waals surface area contributed by atoms with Gasteiger partial charge in [-0.2, -0.15) is 23.1 Å². The van der Waals surface area contributed by atoms with Gasteiger partial charge in [-0.15, -0.1) is 0 Å². The van der Waals surface area contributed by atoms with Gasteiger partial charge in [0.15, 0.2) is 5.82 Å². The highest BCUT2D eigenvalue weighted by Gasteiger charge is 2.49. The number of nitrogens with two attached hydrogens (primary N) is 1. The SMILES string of the molecule is Nc1cc(Cl)c(C(F)(F)F)c(-c2nc3c4c(nc(OC[C@@]56CCCN5C[C@H](F)C6)nc4c2F)N2CCOCC[C@H]2CO3)c1. The van der Waals surface area contributed by atoms with Gasteiger partial charge >= 0.3 is 12.2 Å². The Kier molecular flexibility index (Phi) is 6.93. The summed E-state index contributed by atoms with van der Waals surface area (Å²) in [5, 5.41) is -0.591. The molecule has 0 aliphatic carbocycles. The van der Waals surface area contributed by atoms with Crippen molar-refractivity contribution in [2.24, 2.45) is 0 Å². The minimum absolute atomic E-state index is 0.0802. The van der Waals surface area contributed by atoms with Gasteiger partial charge < -0.3 is 24.8 Å². The lowest BCUT2D eigenvalue weighted by Gasteiger charge is -2.31. The van der Waals surface area contributed by atoms with Crippen molar-refractivity contribution in [3.8, 4) is 23.1 Å². The molecule has 3 saturated heterocycles. The Bertz CT molecular complexity index is 1600. The molecule has 2 aromatic heterocycles. The number of nitrogens with zero attached hydrogens (tertiary/aromatic N) is 5. The van der Waals surface area contributed by atoms with E-state index < -0.39 is 45.5 Å². The Morgan fingerprint density at radius 2 is 2.00 bits per heavy atom. The molecule has 3 atom stereocenters. The molecule has 15 heteroatoms. The number of nitrogen functional groups attached to an aromatic ring is 1. The van der Waals surface area contributed by atoms with Gasteiger partial charge in [0.1, 0.15) is 41.8 Å². The van der Waals surface area contributed by atoms with Crippen LogP contribution in [0.1, 0.15) is 31.2 Å². The van der Waals surface area contributed by atoms with Gasteiger partial charge in [-0.25, -0.2) is 13.8 Å². The maximum Gasteiger partial charge on any atom is 0.418 e. The normalized spacial score (nSPS) is 25.7. The topological polar surface area (TPSA) is 98.9 Å². The number of hydrogen-bond acceptors (Lipinski definition) is 9. The zero-order valence-electron chi connectivity index (χ0n) is 22.9. The average Bonchev–Trinajstić information content (AvgIpc) is 3.29. The highest BCUT2D eigenvalue weighted by atomic mass is 35.5. The van der Waals surface area contributed by atoms with Crippen LogP contribution in [0.15, 0.2) is 12.1 Å². The molecule has 9 nitrogen and oxygen atoms in total. The molecule has 3 aromatic rings. The van der Waals surface area contributed by atoms with Crippen LogP contribution in [0, 0.1) is 5.82 Å². The van der Waals surface area contributed by atoms with E-state index in [9.17, 15) is 17.6 Å². The number of aromatic nitrogens is 3. The Morgan fingerprint density at radius 3 is 2.81 bits per heavy atom. The minimum atomic E-state index is -4.94. The van der Waals surface area contributed by atoms with Crippen molar-refractivity contribution in [3.63, 3.8) is 0 Å². The van der Waals surface area contributed by atoms with Gasteiger partial charge in [0.25, 0.3) is 0 Å². The molecule has 1 aromatic carbocycles. The third-order valence-corrected chi connectivity index (χ3v) is 9.09. The van der Waals surface area contributed by atoms with E-state index in [0.29, 0.717) is 39.1 Å².